The molecule has 3 saturated carbocycles. The number of methoxy groups -OCH3 is 1. The lowest BCUT2D eigenvalue weighted by atomic mass is 9.34. The zero-order valence-electron chi connectivity index (χ0n) is 21.9. The maximum Gasteiger partial charge on any atom is 0.311 e. The van der Waals surface area contributed by atoms with E-state index in [9.17, 15) is 14.7 Å². The summed E-state index contributed by atoms with van der Waals surface area (Å²) in [6, 6.07) is 0. The van der Waals surface area contributed by atoms with Gasteiger partial charge in [0, 0.05) is 11.0 Å². The third kappa shape index (κ3) is 2.72. The molecule has 184 valence electrons. The molecule has 1 N–H and O–H groups in total. The molecule has 0 aliphatic heterocycles. The second-order valence-corrected chi connectivity index (χ2v) is 13.1. The van der Waals surface area contributed by atoms with Gasteiger partial charge in [-0.15, -0.1) is 0 Å². The lowest BCUT2D eigenvalue weighted by Crippen LogP contribution is -2.62. The molecule has 5 rings (SSSR count). The van der Waals surface area contributed by atoms with E-state index in [1.807, 2.05) is 6.92 Å². The van der Waals surface area contributed by atoms with Crippen molar-refractivity contribution in [2.24, 2.45) is 33.0 Å². The Labute approximate surface area is 204 Å². The standard InChI is InChI=1S/C30H40O4/c1-18-19-8-9-22-28(4,20(19)16-21(31)24(18)32)13-15-30(6)23-17-27(3,25(33)34-7)11-10-26(23,2)12-14-29(22,30)5/h8-9,16,23,32H,10-15,17H2,1-7H3/t23-,26-,27+,28+,29+,30+/m0/s1. The van der Waals surface area contributed by atoms with Crippen LogP contribution in [0.1, 0.15) is 86.5 Å². The molecular formula is C30H40O4. The predicted molar refractivity (Wildman–Crippen MR) is 133 cm³/mol. The highest BCUT2D eigenvalue weighted by molar-refractivity contribution is 6.06. The molecule has 6 atom stereocenters. The number of aliphatic hydroxyl groups is 1. The summed E-state index contributed by atoms with van der Waals surface area (Å²) in [4.78, 5) is 25.5. The number of carbonyl (C=O) groups excluding carboxylic acids is 2. The molecule has 0 amide bonds. The molecule has 0 spiro atoms. The first kappa shape index (κ1) is 23.6. The average molecular weight is 465 g/mol. The lowest BCUT2D eigenvalue weighted by Gasteiger charge is -2.70. The third-order valence-electron chi connectivity index (χ3n) is 11.6. The number of hydrogen-bond acceptors (Lipinski definition) is 4. The van der Waals surface area contributed by atoms with Crippen LogP contribution in [0.4, 0.5) is 0 Å². The molecule has 0 radical (unpaired) electrons. The molecule has 34 heavy (non-hydrogen) atoms. The van der Waals surface area contributed by atoms with Crippen molar-refractivity contribution in [3.05, 3.63) is 46.3 Å². The molecule has 0 heterocycles. The van der Waals surface area contributed by atoms with Crippen LogP contribution in [0.15, 0.2) is 46.3 Å². The van der Waals surface area contributed by atoms with Gasteiger partial charge in [-0.3, -0.25) is 9.59 Å². The number of hydrogen-bond donors (Lipinski definition) is 1. The molecule has 0 aromatic rings. The highest BCUT2D eigenvalue weighted by atomic mass is 16.5. The molecular weight excluding hydrogens is 424 g/mol. The van der Waals surface area contributed by atoms with Crippen LogP contribution < -0.4 is 0 Å². The van der Waals surface area contributed by atoms with Crippen LogP contribution in [0.5, 0.6) is 0 Å². The summed E-state index contributed by atoms with van der Waals surface area (Å²) in [5.74, 6) is -0.0356. The first-order chi connectivity index (χ1) is 15.8. The quantitative estimate of drug-likeness (QED) is 0.434. The molecule has 0 aromatic carbocycles. The van der Waals surface area contributed by atoms with E-state index in [-0.39, 0.29) is 39.2 Å². The number of carbonyl (C=O) groups is 2. The SMILES string of the molecule is COC(=O)[C@]1(C)CC[C@@]2(C)CC[C@]3(C)C4=CC=C5C(=CC(=O)C(O)=C5C)[C@@]4(C)CC[C@]3(C)[C@H]2C1. The van der Waals surface area contributed by atoms with Gasteiger partial charge in [-0.05, 0) is 98.2 Å². The first-order valence-corrected chi connectivity index (χ1v) is 12.9. The zero-order valence-corrected chi connectivity index (χ0v) is 21.9. The Morgan fingerprint density at radius 3 is 2.35 bits per heavy atom. The van der Waals surface area contributed by atoms with Crippen molar-refractivity contribution >= 4 is 11.8 Å². The summed E-state index contributed by atoms with van der Waals surface area (Å²) in [5, 5.41) is 10.3. The summed E-state index contributed by atoms with van der Waals surface area (Å²) >= 11 is 0. The van der Waals surface area contributed by atoms with E-state index >= 15 is 0 Å². The Kier molecular flexibility index (Phi) is 4.85. The Hall–Kier alpha value is -2.10. The van der Waals surface area contributed by atoms with Gasteiger partial charge < -0.3 is 9.84 Å². The molecule has 3 fully saturated rings. The summed E-state index contributed by atoms with van der Waals surface area (Å²) in [6.07, 6.45) is 13.3. The number of ketones is 1. The van der Waals surface area contributed by atoms with Crippen molar-refractivity contribution in [2.45, 2.75) is 86.5 Å². The van der Waals surface area contributed by atoms with Crippen LogP contribution >= 0.6 is 0 Å². The largest absolute Gasteiger partial charge is 0.504 e. The smallest absolute Gasteiger partial charge is 0.311 e. The monoisotopic (exact) mass is 464 g/mol. The second kappa shape index (κ2) is 6.98. The fourth-order valence-electron chi connectivity index (χ4n) is 8.89. The summed E-state index contributed by atoms with van der Waals surface area (Å²) < 4.78 is 5.27. The van der Waals surface area contributed by atoms with Crippen LogP contribution in [-0.2, 0) is 14.3 Å². The number of rotatable bonds is 1. The number of allylic oxidation sites excluding steroid dienone is 7. The highest BCUT2D eigenvalue weighted by Gasteiger charge is 2.67. The maximum atomic E-state index is 12.8. The van der Waals surface area contributed by atoms with Crippen LogP contribution in [0.2, 0.25) is 0 Å². The fraction of sp³-hybridized carbons (Fsp3) is 0.667. The van der Waals surface area contributed by atoms with Gasteiger partial charge in [0.25, 0.3) is 0 Å². The predicted octanol–water partition coefficient (Wildman–Crippen LogP) is 6.79. The van der Waals surface area contributed by atoms with Crippen LogP contribution in [-0.4, -0.2) is 24.0 Å². The van der Waals surface area contributed by atoms with E-state index in [1.54, 1.807) is 6.08 Å². The topological polar surface area (TPSA) is 63.6 Å². The van der Waals surface area contributed by atoms with Crippen molar-refractivity contribution in [3.8, 4) is 0 Å². The molecule has 4 heteroatoms. The van der Waals surface area contributed by atoms with Gasteiger partial charge in [0.05, 0.1) is 12.5 Å². The number of esters is 1. The van der Waals surface area contributed by atoms with Crippen molar-refractivity contribution in [1.82, 2.24) is 0 Å². The van der Waals surface area contributed by atoms with Gasteiger partial charge in [-0.25, -0.2) is 0 Å². The fourth-order valence-corrected chi connectivity index (χ4v) is 8.89. The van der Waals surface area contributed by atoms with Crippen LogP contribution in [0, 0.1) is 33.0 Å². The summed E-state index contributed by atoms with van der Waals surface area (Å²) in [6.45, 7) is 13.7. The number of aliphatic hydroxyl groups excluding tert-OH is 1. The van der Waals surface area contributed by atoms with E-state index in [0.717, 1.165) is 56.1 Å². The molecule has 0 saturated heterocycles. The molecule has 5 aliphatic rings. The summed E-state index contributed by atoms with van der Waals surface area (Å²) in [7, 11) is 1.52. The van der Waals surface area contributed by atoms with Crippen molar-refractivity contribution in [3.63, 3.8) is 0 Å². The Morgan fingerprint density at radius 2 is 1.68 bits per heavy atom. The minimum atomic E-state index is -0.424. The first-order valence-electron chi connectivity index (χ1n) is 12.9. The average Bonchev–Trinajstić information content (AvgIpc) is 2.80. The Bertz CT molecular complexity index is 1120. The van der Waals surface area contributed by atoms with E-state index in [2.05, 4.69) is 46.8 Å². The van der Waals surface area contributed by atoms with Crippen molar-refractivity contribution < 1.29 is 19.4 Å². The van der Waals surface area contributed by atoms with Gasteiger partial charge in [0.1, 0.15) is 0 Å². The number of fused-ring (bicyclic) bond motifs is 7. The third-order valence-corrected chi connectivity index (χ3v) is 11.6. The Balaban J connectivity index is 1.63. The molecule has 0 bridgehead atoms. The van der Waals surface area contributed by atoms with Crippen molar-refractivity contribution in [2.75, 3.05) is 7.11 Å². The van der Waals surface area contributed by atoms with E-state index in [4.69, 9.17) is 4.74 Å². The minimum Gasteiger partial charge on any atom is -0.504 e. The number of ether oxygens (including phenoxy) is 1. The molecule has 4 nitrogen and oxygen atoms in total. The lowest BCUT2D eigenvalue weighted by molar-refractivity contribution is -0.180. The van der Waals surface area contributed by atoms with Gasteiger partial charge in [-0.1, -0.05) is 45.4 Å². The van der Waals surface area contributed by atoms with E-state index in [0.29, 0.717) is 11.5 Å². The minimum absolute atomic E-state index is 0.0262. The van der Waals surface area contributed by atoms with E-state index < -0.39 is 5.41 Å². The summed E-state index contributed by atoms with van der Waals surface area (Å²) in [5.41, 5.74) is 3.82. The van der Waals surface area contributed by atoms with Gasteiger partial charge in [-0.2, -0.15) is 0 Å². The van der Waals surface area contributed by atoms with Gasteiger partial charge in [0.15, 0.2) is 5.76 Å². The molecule has 5 aliphatic carbocycles. The molecule has 0 aromatic heterocycles. The normalized spacial score (nSPS) is 45.7. The highest BCUT2D eigenvalue weighted by Crippen LogP contribution is 2.75. The molecule has 0 unspecified atom stereocenters. The van der Waals surface area contributed by atoms with Crippen LogP contribution in [0.25, 0.3) is 0 Å². The van der Waals surface area contributed by atoms with Gasteiger partial charge >= 0.3 is 5.97 Å². The van der Waals surface area contributed by atoms with Crippen molar-refractivity contribution in [1.29, 1.82) is 0 Å². The second-order valence-electron chi connectivity index (χ2n) is 13.1. The van der Waals surface area contributed by atoms with E-state index in [1.165, 1.54) is 12.7 Å². The zero-order chi connectivity index (χ0) is 24.9. The maximum absolute atomic E-state index is 12.8. The van der Waals surface area contributed by atoms with Crippen LogP contribution in [0.3, 0.4) is 0 Å². The van der Waals surface area contributed by atoms with Gasteiger partial charge in [0.2, 0.25) is 5.78 Å². The Morgan fingerprint density at radius 1 is 1.00 bits per heavy atom.